The summed E-state index contributed by atoms with van der Waals surface area (Å²) in [4.78, 5) is 11.6. The molecule has 0 amide bonds. The minimum Gasteiger partial charge on any atom is -0.491 e. The van der Waals surface area contributed by atoms with Crippen molar-refractivity contribution in [2.24, 2.45) is 0 Å². The largest absolute Gasteiger partial charge is 0.491 e. The fraction of sp³-hybridized carbons (Fsp3) is 0.316. The van der Waals surface area contributed by atoms with E-state index in [1.165, 1.54) is 6.07 Å². The van der Waals surface area contributed by atoms with Gasteiger partial charge >= 0.3 is 5.97 Å². The van der Waals surface area contributed by atoms with Crippen LogP contribution in [-0.2, 0) is 9.53 Å². The Kier molecular flexibility index (Phi) is 6.18. The maximum Gasteiger partial charge on any atom is 0.347 e. The summed E-state index contributed by atoms with van der Waals surface area (Å²) in [5.74, 6) is -0.0176. The van der Waals surface area contributed by atoms with Crippen molar-refractivity contribution in [2.45, 2.75) is 26.9 Å². The third-order valence-electron chi connectivity index (χ3n) is 3.35. The molecule has 0 N–H and O–H groups in total. The molecule has 5 heteroatoms. The highest BCUT2D eigenvalue weighted by Crippen LogP contribution is 2.27. The Morgan fingerprint density at radius 3 is 2.29 bits per heavy atom. The summed E-state index contributed by atoms with van der Waals surface area (Å²) < 4.78 is 29.5. The summed E-state index contributed by atoms with van der Waals surface area (Å²) >= 11 is 0. The van der Waals surface area contributed by atoms with Crippen molar-refractivity contribution in [1.82, 2.24) is 0 Å². The van der Waals surface area contributed by atoms with E-state index >= 15 is 0 Å². The fourth-order valence-electron chi connectivity index (χ4n) is 2.19. The molecular weight excluding hydrogens is 311 g/mol. The number of esters is 1. The van der Waals surface area contributed by atoms with Crippen LogP contribution < -0.4 is 9.47 Å². The molecule has 2 aromatic carbocycles. The molecule has 128 valence electrons. The summed E-state index contributed by atoms with van der Waals surface area (Å²) in [6.07, 6.45) is -0.682. The van der Waals surface area contributed by atoms with Crippen molar-refractivity contribution in [3.8, 4) is 22.6 Å². The standard InChI is InChI=1S/C19H21FO4/c1-4-22-18-11-8-15(12-17(18)20)14-6-9-16(10-7-14)24-13(3)19(21)23-5-2/h6-13H,4-5H2,1-3H3. The third kappa shape index (κ3) is 4.47. The van der Waals surface area contributed by atoms with Gasteiger partial charge in [-0.1, -0.05) is 18.2 Å². The van der Waals surface area contributed by atoms with Crippen LogP contribution in [0.15, 0.2) is 42.5 Å². The molecule has 1 unspecified atom stereocenters. The van der Waals surface area contributed by atoms with Crippen LogP contribution in [0.1, 0.15) is 20.8 Å². The van der Waals surface area contributed by atoms with Crippen LogP contribution in [0, 0.1) is 5.82 Å². The minimum absolute atomic E-state index is 0.240. The second-order valence-electron chi connectivity index (χ2n) is 5.11. The predicted octanol–water partition coefficient (Wildman–Crippen LogP) is 4.22. The molecule has 2 aromatic rings. The Hall–Kier alpha value is -2.56. The molecule has 0 bridgehead atoms. The zero-order valence-electron chi connectivity index (χ0n) is 14.0. The van der Waals surface area contributed by atoms with Gasteiger partial charge in [-0.15, -0.1) is 0 Å². The Morgan fingerprint density at radius 2 is 1.71 bits per heavy atom. The molecule has 2 rings (SSSR count). The molecule has 4 nitrogen and oxygen atoms in total. The summed E-state index contributed by atoms with van der Waals surface area (Å²) in [7, 11) is 0. The second-order valence-corrected chi connectivity index (χ2v) is 5.11. The van der Waals surface area contributed by atoms with Crippen molar-refractivity contribution in [3.05, 3.63) is 48.3 Å². The van der Waals surface area contributed by atoms with E-state index in [1.54, 1.807) is 38.1 Å². The molecule has 1 atom stereocenters. The Morgan fingerprint density at radius 1 is 1.04 bits per heavy atom. The third-order valence-corrected chi connectivity index (χ3v) is 3.35. The Bertz CT molecular complexity index is 682. The molecule has 0 aromatic heterocycles. The van der Waals surface area contributed by atoms with Gasteiger partial charge < -0.3 is 14.2 Å². The Balaban J connectivity index is 2.09. The summed E-state index contributed by atoms with van der Waals surface area (Å²) in [6, 6.07) is 11.9. The molecule has 0 aliphatic heterocycles. The van der Waals surface area contributed by atoms with Crippen LogP contribution in [0.4, 0.5) is 4.39 Å². The van der Waals surface area contributed by atoms with E-state index in [4.69, 9.17) is 14.2 Å². The highest BCUT2D eigenvalue weighted by atomic mass is 19.1. The quantitative estimate of drug-likeness (QED) is 0.712. The van der Waals surface area contributed by atoms with E-state index in [1.807, 2.05) is 19.1 Å². The molecule has 24 heavy (non-hydrogen) atoms. The number of carbonyl (C=O) groups excluding carboxylic acids is 1. The lowest BCUT2D eigenvalue weighted by Crippen LogP contribution is -2.25. The number of halogens is 1. The first-order chi connectivity index (χ1) is 11.5. The molecule has 0 aliphatic rings. The number of benzene rings is 2. The molecule has 0 heterocycles. The number of ether oxygens (including phenoxy) is 3. The average Bonchev–Trinajstić information content (AvgIpc) is 2.58. The number of hydrogen-bond acceptors (Lipinski definition) is 4. The molecule has 0 fully saturated rings. The highest BCUT2D eigenvalue weighted by molar-refractivity contribution is 5.74. The topological polar surface area (TPSA) is 44.8 Å². The van der Waals surface area contributed by atoms with Crippen molar-refractivity contribution < 1.29 is 23.4 Å². The van der Waals surface area contributed by atoms with Crippen LogP contribution in [-0.4, -0.2) is 25.3 Å². The maximum atomic E-state index is 13.9. The molecule has 0 saturated heterocycles. The normalized spacial score (nSPS) is 11.7. The smallest absolute Gasteiger partial charge is 0.347 e. The van der Waals surface area contributed by atoms with Gasteiger partial charge in [0.05, 0.1) is 13.2 Å². The van der Waals surface area contributed by atoms with Gasteiger partial charge in [-0.05, 0) is 56.2 Å². The van der Waals surface area contributed by atoms with Gasteiger partial charge in [0.2, 0.25) is 0 Å². The van der Waals surface area contributed by atoms with E-state index in [2.05, 4.69) is 0 Å². The van der Waals surface area contributed by atoms with E-state index < -0.39 is 17.9 Å². The number of rotatable bonds is 7. The van der Waals surface area contributed by atoms with Gasteiger partial charge in [0.15, 0.2) is 17.7 Å². The minimum atomic E-state index is -0.682. The molecule has 0 radical (unpaired) electrons. The van der Waals surface area contributed by atoms with Gasteiger partial charge in [-0.3, -0.25) is 0 Å². The first-order valence-corrected chi connectivity index (χ1v) is 7.91. The molecular formula is C19H21FO4. The Labute approximate surface area is 141 Å². The van der Waals surface area contributed by atoms with Crippen LogP contribution in [0.5, 0.6) is 11.5 Å². The lowest BCUT2D eigenvalue weighted by molar-refractivity contribution is -0.150. The maximum absolute atomic E-state index is 13.9. The van der Waals surface area contributed by atoms with Gasteiger partial charge in [0, 0.05) is 0 Å². The van der Waals surface area contributed by atoms with Crippen LogP contribution in [0.2, 0.25) is 0 Å². The summed E-state index contributed by atoms with van der Waals surface area (Å²) in [5.41, 5.74) is 1.58. The van der Waals surface area contributed by atoms with E-state index in [0.717, 1.165) is 11.1 Å². The number of carbonyl (C=O) groups is 1. The van der Waals surface area contributed by atoms with E-state index in [-0.39, 0.29) is 5.75 Å². The summed E-state index contributed by atoms with van der Waals surface area (Å²) in [5, 5.41) is 0. The fourth-order valence-corrected chi connectivity index (χ4v) is 2.19. The van der Waals surface area contributed by atoms with Crippen LogP contribution in [0.3, 0.4) is 0 Å². The van der Waals surface area contributed by atoms with Crippen molar-refractivity contribution in [2.75, 3.05) is 13.2 Å². The van der Waals surface area contributed by atoms with Gasteiger partial charge in [0.25, 0.3) is 0 Å². The molecule has 0 saturated carbocycles. The molecule has 0 spiro atoms. The van der Waals surface area contributed by atoms with E-state index in [9.17, 15) is 9.18 Å². The van der Waals surface area contributed by atoms with Crippen molar-refractivity contribution >= 4 is 5.97 Å². The average molecular weight is 332 g/mol. The van der Waals surface area contributed by atoms with E-state index in [0.29, 0.717) is 19.0 Å². The summed E-state index contributed by atoms with van der Waals surface area (Å²) in [6.45, 7) is 5.92. The van der Waals surface area contributed by atoms with Crippen LogP contribution in [0.25, 0.3) is 11.1 Å². The van der Waals surface area contributed by atoms with Crippen molar-refractivity contribution in [1.29, 1.82) is 0 Å². The second kappa shape index (κ2) is 8.34. The molecule has 0 aliphatic carbocycles. The van der Waals surface area contributed by atoms with Gasteiger partial charge in [-0.2, -0.15) is 0 Å². The van der Waals surface area contributed by atoms with Crippen molar-refractivity contribution in [3.63, 3.8) is 0 Å². The first kappa shape index (κ1) is 17.8. The predicted molar refractivity (Wildman–Crippen MR) is 89.7 cm³/mol. The SMILES string of the molecule is CCOC(=O)C(C)Oc1ccc(-c2ccc(OCC)c(F)c2)cc1. The zero-order valence-corrected chi connectivity index (χ0v) is 14.0. The monoisotopic (exact) mass is 332 g/mol. The lowest BCUT2D eigenvalue weighted by atomic mass is 10.1. The zero-order chi connectivity index (χ0) is 17.5. The van der Waals surface area contributed by atoms with Crippen LogP contribution >= 0.6 is 0 Å². The van der Waals surface area contributed by atoms with Gasteiger partial charge in [0.1, 0.15) is 5.75 Å². The number of hydrogen-bond donors (Lipinski definition) is 0. The lowest BCUT2D eigenvalue weighted by Gasteiger charge is -2.13. The van der Waals surface area contributed by atoms with Gasteiger partial charge in [-0.25, -0.2) is 9.18 Å². The highest BCUT2D eigenvalue weighted by Gasteiger charge is 2.15. The first-order valence-electron chi connectivity index (χ1n) is 7.91.